The van der Waals surface area contributed by atoms with Crippen LogP contribution in [0.4, 0.5) is 26.3 Å². The van der Waals surface area contributed by atoms with Crippen molar-refractivity contribution >= 4 is 24.5 Å². The molecule has 0 aromatic heterocycles. The second kappa shape index (κ2) is 10.9. The van der Waals surface area contributed by atoms with Gasteiger partial charge in [0, 0.05) is 26.2 Å². The third-order valence-corrected chi connectivity index (χ3v) is 4.76. The summed E-state index contributed by atoms with van der Waals surface area (Å²) < 4.78 is 93.3. The summed E-state index contributed by atoms with van der Waals surface area (Å²) in [5.41, 5.74) is -3.04. The van der Waals surface area contributed by atoms with Gasteiger partial charge in [0.15, 0.2) is 0 Å². The molecule has 0 unspecified atom stereocenters. The van der Waals surface area contributed by atoms with Gasteiger partial charge in [-0.1, -0.05) is 24.3 Å². The fourth-order valence-electron chi connectivity index (χ4n) is 3.08. The fraction of sp³-hybridized carbons (Fsp3) is 0.333. The van der Waals surface area contributed by atoms with Crippen LogP contribution in [0.1, 0.15) is 27.0 Å². The van der Waals surface area contributed by atoms with Crippen LogP contribution in [0.3, 0.4) is 0 Å². The van der Waals surface area contributed by atoms with Gasteiger partial charge in [0.25, 0.3) is 5.91 Å². The molecule has 0 aliphatic heterocycles. The molecule has 1 amide bonds. The third kappa shape index (κ3) is 6.97. The molecule has 0 saturated heterocycles. The quantitative estimate of drug-likeness (QED) is 0.349. The Morgan fingerprint density at radius 1 is 0.882 bits per heavy atom. The van der Waals surface area contributed by atoms with Gasteiger partial charge in [0.1, 0.15) is 6.04 Å². The Bertz CT molecular complexity index is 974. The molecule has 0 spiro atoms. The average Bonchev–Trinajstić information content (AvgIpc) is 2.78. The van der Waals surface area contributed by atoms with Crippen LogP contribution < -0.4 is 10.8 Å². The van der Waals surface area contributed by atoms with E-state index in [1.807, 2.05) is 0 Å². The summed E-state index contributed by atoms with van der Waals surface area (Å²) >= 11 is 0. The van der Waals surface area contributed by atoms with E-state index in [2.05, 4.69) is 10.1 Å². The molecule has 0 fully saturated rings. The summed E-state index contributed by atoms with van der Waals surface area (Å²) in [6.45, 7) is 0. The smallest absolute Gasteiger partial charge is 0.467 e. The topological polar surface area (TPSA) is 73.9 Å². The second-order valence-electron chi connectivity index (χ2n) is 7.09. The summed E-state index contributed by atoms with van der Waals surface area (Å²) in [7, 11) is 3.25. The van der Waals surface area contributed by atoms with Crippen molar-refractivity contribution < 1.29 is 50.0 Å². The van der Waals surface area contributed by atoms with Crippen LogP contribution in [0, 0.1) is 0 Å². The molecule has 2 aromatic rings. The molecule has 0 heterocycles. The summed E-state index contributed by atoms with van der Waals surface area (Å²) in [4.78, 5) is 24.7. The molecule has 6 nitrogen and oxygen atoms in total. The van der Waals surface area contributed by atoms with Crippen molar-refractivity contribution in [2.75, 3.05) is 21.3 Å². The number of carbonyl (C=O) groups excluding carboxylic acids is 2. The zero-order valence-electron chi connectivity index (χ0n) is 18.2. The standard InChI is InChI=1S/C21H20BF6NO5/c1-32-19(31)17(8-12-4-6-16(7-5-12)22(33-2)34-3)29-18(30)13-9-14(20(23,24)25)11-15(10-13)21(26,27)28/h4-7,9-11,17H,8H2,1-3H3,(H,29,30)/t17-/m1/s1. The lowest BCUT2D eigenvalue weighted by atomic mass is 9.78. The zero-order valence-corrected chi connectivity index (χ0v) is 18.2. The fourth-order valence-corrected chi connectivity index (χ4v) is 3.08. The number of amides is 1. The lowest BCUT2D eigenvalue weighted by Crippen LogP contribution is -2.43. The SMILES string of the molecule is COB(OC)c1ccc(C[C@@H](NC(=O)c2cc(C(F)(F)F)cc(C(F)(F)F)c2)C(=O)OC)cc1. The van der Waals surface area contributed by atoms with Gasteiger partial charge in [-0.2, -0.15) is 26.3 Å². The minimum atomic E-state index is -5.12. The maximum Gasteiger partial charge on any atom is 0.493 e. The Labute approximate surface area is 191 Å². The van der Waals surface area contributed by atoms with E-state index in [1.165, 1.54) is 14.2 Å². The van der Waals surface area contributed by atoms with E-state index in [0.717, 1.165) is 7.11 Å². The van der Waals surface area contributed by atoms with E-state index in [9.17, 15) is 35.9 Å². The Morgan fingerprint density at radius 3 is 1.79 bits per heavy atom. The number of halogens is 6. The highest BCUT2D eigenvalue weighted by atomic mass is 19.4. The summed E-state index contributed by atoms with van der Waals surface area (Å²) in [6.07, 6.45) is -10.4. The molecule has 1 atom stereocenters. The monoisotopic (exact) mass is 491 g/mol. The predicted octanol–water partition coefficient (Wildman–Crippen LogP) is 3.23. The summed E-state index contributed by atoms with van der Waals surface area (Å²) in [5, 5.41) is 2.15. The number of benzene rings is 2. The number of rotatable bonds is 8. The molecule has 2 rings (SSSR count). The molecule has 0 radical (unpaired) electrons. The lowest BCUT2D eigenvalue weighted by Gasteiger charge is -2.18. The first-order valence-corrected chi connectivity index (χ1v) is 9.62. The normalized spacial score (nSPS) is 12.7. The lowest BCUT2D eigenvalue weighted by molar-refractivity contribution is -0.144. The number of carbonyl (C=O) groups is 2. The summed E-state index contributed by atoms with van der Waals surface area (Å²) in [6, 6.07) is 5.53. The predicted molar refractivity (Wildman–Crippen MR) is 109 cm³/mol. The number of hydrogen-bond acceptors (Lipinski definition) is 5. The molecular weight excluding hydrogens is 471 g/mol. The van der Waals surface area contributed by atoms with Gasteiger partial charge in [0.05, 0.1) is 18.2 Å². The zero-order chi connectivity index (χ0) is 25.7. The van der Waals surface area contributed by atoms with Gasteiger partial charge in [-0.3, -0.25) is 4.79 Å². The number of esters is 1. The van der Waals surface area contributed by atoms with E-state index in [1.54, 1.807) is 24.3 Å². The molecule has 1 N–H and O–H groups in total. The molecule has 2 aromatic carbocycles. The van der Waals surface area contributed by atoms with E-state index in [-0.39, 0.29) is 24.6 Å². The van der Waals surface area contributed by atoms with Gasteiger partial charge < -0.3 is 19.4 Å². The van der Waals surface area contributed by atoms with E-state index < -0.39 is 54.1 Å². The molecule has 184 valence electrons. The Morgan fingerprint density at radius 2 is 1.38 bits per heavy atom. The molecule has 13 heteroatoms. The largest absolute Gasteiger partial charge is 0.493 e. The molecule has 0 aliphatic carbocycles. The van der Waals surface area contributed by atoms with Crippen molar-refractivity contribution in [3.05, 3.63) is 64.7 Å². The van der Waals surface area contributed by atoms with Crippen molar-refractivity contribution in [2.24, 2.45) is 0 Å². The number of ether oxygens (including phenoxy) is 1. The maximum atomic E-state index is 13.1. The Hall–Kier alpha value is -3.06. The van der Waals surface area contributed by atoms with Gasteiger partial charge in [-0.05, 0) is 29.2 Å². The number of nitrogens with one attached hydrogen (secondary N) is 1. The van der Waals surface area contributed by atoms with E-state index in [4.69, 9.17) is 9.31 Å². The maximum absolute atomic E-state index is 13.1. The van der Waals surface area contributed by atoms with Gasteiger partial charge in [-0.25, -0.2) is 4.79 Å². The van der Waals surface area contributed by atoms with Gasteiger partial charge >= 0.3 is 25.4 Å². The minimum absolute atomic E-state index is 0.0938. The number of hydrogen-bond donors (Lipinski definition) is 1. The molecule has 34 heavy (non-hydrogen) atoms. The highest BCUT2D eigenvalue weighted by molar-refractivity contribution is 6.61. The Balaban J connectivity index is 2.32. The van der Waals surface area contributed by atoms with Crippen LogP contribution in [0.25, 0.3) is 0 Å². The first-order valence-electron chi connectivity index (χ1n) is 9.62. The number of methoxy groups -OCH3 is 1. The van der Waals surface area contributed by atoms with Crippen LogP contribution in [0.15, 0.2) is 42.5 Å². The van der Waals surface area contributed by atoms with Crippen molar-refractivity contribution in [1.82, 2.24) is 5.32 Å². The van der Waals surface area contributed by atoms with Crippen molar-refractivity contribution in [1.29, 1.82) is 0 Å². The van der Waals surface area contributed by atoms with Crippen LogP contribution in [0.2, 0.25) is 0 Å². The highest BCUT2D eigenvalue weighted by Crippen LogP contribution is 2.36. The van der Waals surface area contributed by atoms with E-state index in [0.29, 0.717) is 11.0 Å². The van der Waals surface area contributed by atoms with Crippen molar-refractivity contribution in [3.63, 3.8) is 0 Å². The van der Waals surface area contributed by atoms with Crippen LogP contribution in [-0.2, 0) is 37.6 Å². The molecule has 0 aliphatic rings. The van der Waals surface area contributed by atoms with Crippen LogP contribution in [0.5, 0.6) is 0 Å². The van der Waals surface area contributed by atoms with Crippen LogP contribution in [-0.4, -0.2) is 46.4 Å². The Kier molecular flexibility index (Phi) is 8.73. The molecular formula is C21H20BF6NO5. The second-order valence-corrected chi connectivity index (χ2v) is 7.09. The van der Waals surface area contributed by atoms with Crippen molar-refractivity contribution in [2.45, 2.75) is 24.8 Å². The summed E-state index contributed by atoms with van der Waals surface area (Å²) in [5.74, 6) is -2.24. The van der Waals surface area contributed by atoms with Crippen LogP contribution >= 0.6 is 0 Å². The highest BCUT2D eigenvalue weighted by Gasteiger charge is 2.38. The first kappa shape index (κ1) is 27.2. The number of alkyl halides is 6. The molecule has 0 bridgehead atoms. The van der Waals surface area contributed by atoms with Gasteiger partial charge in [-0.15, -0.1) is 0 Å². The third-order valence-electron chi connectivity index (χ3n) is 4.76. The molecule has 0 saturated carbocycles. The van der Waals surface area contributed by atoms with E-state index >= 15 is 0 Å². The van der Waals surface area contributed by atoms with Gasteiger partial charge in [0.2, 0.25) is 0 Å². The van der Waals surface area contributed by atoms with Crippen molar-refractivity contribution in [3.8, 4) is 0 Å². The minimum Gasteiger partial charge on any atom is -0.467 e. The first-order chi connectivity index (χ1) is 15.8. The average molecular weight is 491 g/mol.